The van der Waals surface area contributed by atoms with E-state index in [0.29, 0.717) is 6.04 Å². The summed E-state index contributed by atoms with van der Waals surface area (Å²) in [6.07, 6.45) is 5.45. The Morgan fingerprint density at radius 1 is 1.23 bits per heavy atom. The fraction of sp³-hybridized carbons (Fsp3) is 1.00. The monoisotopic (exact) mass is 184 g/mol. The second-order valence-corrected chi connectivity index (χ2v) is 4.80. The Bertz CT molecular complexity index is 143. The van der Waals surface area contributed by atoms with Crippen LogP contribution in [0.15, 0.2) is 0 Å². The summed E-state index contributed by atoms with van der Waals surface area (Å²) in [6.45, 7) is 4.47. The van der Waals surface area contributed by atoms with Crippen LogP contribution in [0, 0.1) is 0 Å². The van der Waals surface area contributed by atoms with E-state index in [2.05, 4.69) is 38.2 Å². The van der Waals surface area contributed by atoms with Gasteiger partial charge in [0.1, 0.15) is 0 Å². The van der Waals surface area contributed by atoms with Crippen LogP contribution in [0.4, 0.5) is 0 Å². The molecule has 0 bridgehead atoms. The van der Waals surface area contributed by atoms with Gasteiger partial charge in [-0.2, -0.15) is 0 Å². The van der Waals surface area contributed by atoms with Gasteiger partial charge in [0.15, 0.2) is 0 Å². The van der Waals surface area contributed by atoms with Crippen molar-refractivity contribution in [1.82, 2.24) is 10.2 Å². The molecular formula is C11H24N2. The molecule has 1 aliphatic carbocycles. The van der Waals surface area contributed by atoms with Crippen molar-refractivity contribution in [2.75, 3.05) is 14.1 Å². The lowest BCUT2D eigenvalue weighted by Gasteiger charge is -2.34. The third-order valence-corrected chi connectivity index (χ3v) is 2.95. The van der Waals surface area contributed by atoms with Crippen LogP contribution in [0.2, 0.25) is 0 Å². The molecule has 0 aromatic carbocycles. The lowest BCUT2D eigenvalue weighted by Crippen LogP contribution is -2.43. The Kier molecular flexibility index (Phi) is 4.20. The minimum Gasteiger partial charge on any atom is -0.312 e. The summed E-state index contributed by atoms with van der Waals surface area (Å²) in [5.41, 5.74) is 0. The van der Waals surface area contributed by atoms with Crippen molar-refractivity contribution >= 4 is 0 Å². The summed E-state index contributed by atoms with van der Waals surface area (Å²) in [5.74, 6) is 0. The third kappa shape index (κ3) is 3.65. The standard InChI is InChI=1S/C11H24N2/c1-9(2)12-10-6-5-7-11(8-10)13(3)4/h9-12H,5-8H2,1-4H3/t10-,11-/m0/s1. The number of rotatable bonds is 3. The summed E-state index contributed by atoms with van der Waals surface area (Å²) in [6, 6.07) is 2.18. The summed E-state index contributed by atoms with van der Waals surface area (Å²) >= 11 is 0. The normalized spacial score (nSPS) is 30.0. The average Bonchev–Trinajstić information content (AvgIpc) is 2.03. The predicted octanol–water partition coefficient (Wildman–Crippen LogP) is 1.86. The van der Waals surface area contributed by atoms with Crippen LogP contribution in [-0.4, -0.2) is 37.1 Å². The molecule has 1 aliphatic rings. The van der Waals surface area contributed by atoms with Crippen molar-refractivity contribution in [3.8, 4) is 0 Å². The smallest absolute Gasteiger partial charge is 0.0104 e. The van der Waals surface area contributed by atoms with Gasteiger partial charge in [-0.25, -0.2) is 0 Å². The lowest BCUT2D eigenvalue weighted by atomic mass is 9.90. The van der Waals surface area contributed by atoms with Gasteiger partial charge in [-0.1, -0.05) is 20.3 Å². The molecule has 0 radical (unpaired) electrons. The average molecular weight is 184 g/mol. The van der Waals surface area contributed by atoms with Crippen molar-refractivity contribution in [2.24, 2.45) is 0 Å². The molecule has 2 atom stereocenters. The highest BCUT2D eigenvalue weighted by atomic mass is 15.1. The minimum atomic E-state index is 0.630. The zero-order valence-electron chi connectivity index (χ0n) is 9.51. The van der Waals surface area contributed by atoms with Gasteiger partial charge in [0.2, 0.25) is 0 Å². The molecular weight excluding hydrogens is 160 g/mol. The quantitative estimate of drug-likeness (QED) is 0.720. The van der Waals surface area contributed by atoms with Gasteiger partial charge in [0, 0.05) is 18.1 Å². The molecule has 0 amide bonds. The Morgan fingerprint density at radius 3 is 2.46 bits per heavy atom. The van der Waals surface area contributed by atoms with Gasteiger partial charge in [-0.15, -0.1) is 0 Å². The van der Waals surface area contributed by atoms with E-state index in [4.69, 9.17) is 0 Å². The van der Waals surface area contributed by atoms with Crippen molar-refractivity contribution in [1.29, 1.82) is 0 Å². The van der Waals surface area contributed by atoms with Crippen molar-refractivity contribution in [2.45, 2.75) is 57.7 Å². The number of hydrogen-bond acceptors (Lipinski definition) is 2. The van der Waals surface area contributed by atoms with E-state index >= 15 is 0 Å². The van der Waals surface area contributed by atoms with Crippen LogP contribution in [0.5, 0.6) is 0 Å². The van der Waals surface area contributed by atoms with E-state index in [1.54, 1.807) is 0 Å². The molecule has 0 spiro atoms. The second kappa shape index (κ2) is 4.97. The first-order chi connectivity index (χ1) is 6.09. The highest BCUT2D eigenvalue weighted by Gasteiger charge is 2.23. The van der Waals surface area contributed by atoms with Crippen LogP contribution in [-0.2, 0) is 0 Å². The fourth-order valence-corrected chi connectivity index (χ4v) is 2.26. The van der Waals surface area contributed by atoms with E-state index in [1.807, 2.05) is 0 Å². The van der Waals surface area contributed by atoms with E-state index in [0.717, 1.165) is 12.1 Å². The molecule has 0 heterocycles. The van der Waals surface area contributed by atoms with E-state index < -0.39 is 0 Å². The maximum Gasteiger partial charge on any atom is 0.0104 e. The SMILES string of the molecule is CC(C)N[C@H]1CCC[C@H](N(C)C)C1. The molecule has 13 heavy (non-hydrogen) atoms. The van der Waals surface area contributed by atoms with Crippen LogP contribution in [0.25, 0.3) is 0 Å². The first-order valence-electron chi connectivity index (χ1n) is 5.52. The number of hydrogen-bond donors (Lipinski definition) is 1. The minimum absolute atomic E-state index is 0.630. The maximum atomic E-state index is 3.64. The second-order valence-electron chi connectivity index (χ2n) is 4.80. The van der Waals surface area contributed by atoms with Crippen molar-refractivity contribution in [3.05, 3.63) is 0 Å². The highest BCUT2D eigenvalue weighted by Crippen LogP contribution is 2.21. The van der Waals surface area contributed by atoms with Crippen LogP contribution in [0.3, 0.4) is 0 Å². The van der Waals surface area contributed by atoms with E-state index in [9.17, 15) is 0 Å². The zero-order valence-corrected chi connectivity index (χ0v) is 9.51. The van der Waals surface area contributed by atoms with Gasteiger partial charge >= 0.3 is 0 Å². The van der Waals surface area contributed by atoms with Crippen LogP contribution >= 0.6 is 0 Å². The Morgan fingerprint density at radius 2 is 1.92 bits per heavy atom. The molecule has 0 aliphatic heterocycles. The Labute approximate surface area is 82.7 Å². The largest absolute Gasteiger partial charge is 0.312 e. The zero-order chi connectivity index (χ0) is 9.84. The molecule has 78 valence electrons. The molecule has 2 nitrogen and oxygen atoms in total. The topological polar surface area (TPSA) is 15.3 Å². The molecule has 1 rings (SSSR count). The first-order valence-corrected chi connectivity index (χ1v) is 5.52. The van der Waals surface area contributed by atoms with E-state index in [1.165, 1.54) is 25.7 Å². The van der Waals surface area contributed by atoms with Crippen molar-refractivity contribution in [3.63, 3.8) is 0 Å². The predicted molar refractivity (Wildman–Crippen MR) is 58.0 cm³/mol. The molecule has 0 unspecified atom stereocenters. The fourth-order valence-electron chi connectivity index (χ4n) is 2.26. The molecule has 0 saturated heterocycles. The van der Waals surface area contributed by atoms with Crippen LogP contribution in [0.1, 0.15) is 39.5 Å². The molecule has 2 heteroatoms. The lowest BCUT2D eigenvalue weighted by molar-refractivity contribution is 0.194. The maximum absolute atomic E-state index is 3.64. The molecule has 1 N–H and O–H groups in total. The summed E-state index contributed by atoms with van der Waals surface area (Å²) < 4.78 is 0. The molecule has 1 fully saturated rings. The number of nitrogens with zero attached hydrogens (tertiary/aromatic N) is 1. The summed E-state index contributed by atoms with van der Waals surface area (Å²) in [4.78, 5) is 2.37. The summed E-state index contributed by atoms with van der Waals surface area (Å²) in [5, 5.41) is 3.64. The summed E-state index contributed by atoms with van der Waals surface area (Å²) in [7, 11) is 4.39. The Hall–Kier alpha value is -0.0800. The third-order valence-electron chi connectivity index (χ3n) is 2.95. The molecule has 1 saturated carbocycles. The highest BCUT2D eigenvalue weighted by molar-refractivity contribution is 4.82. The van der Waals surface area contributed by atoms with Gasteiger partial charge in [-0.3, -0.25) is 0 Å². The van der Waals surface area contributed by atoms with Gasteiger partial charge in [0.05, 0.1) is 0 Å². The van der Waals surface area contributed by atoms with Crippen molar-refractivity contribution < 1.29 is 0 Å². The molecule has 0 aromatic rings. The first kappa shape index (κ1) is 11.0. The van der Waals surface area contributed by atoms with Gasteiger partial charge < -0.3 is 10.2 Å². The molecule has 0 aromatic heterocycles. The van der Waals surface area contributed by atoms with Gasteiger partial charge in [-0.05, 0) is 33.4 Å². The van der Waals surface area contributed by atoms with Gasteiger partial charge in [0.25, 0.3) is 0 Å². The van der Waals surface area contributed by atoms with E-state index in [-0.39, 0.29) is 0 Å². The number of nitrogens with one attached hydrogen (secondary N) is 1. The van der Waals surface area contributed by atoms with Crippen LogP contribution < -0.4 is 5.32 Å². The Balaban J connectivity index is 2.33.